The van der Waals surface area contributed by atoms with Gasteiger partial charge in [0.1, 0.15) is 11.5 Å². The molecule has 4 rings (SSSR count). The second-order valence-electron chi connectivity index (χ2n) is 7.58. The van der Waals surface area contributed by atoms with E-state index < -0.39 is 0 Å². The third-order valence-electron chi connectivity index (χ3n) is 5.94. The zero-order valence-electron chi connectivity index (χ0n) is 16.7. The maximum absolute atomic E-state index is 13.2. The van der Waals surface area contributed by atoms with Crippen LogP contribution in [0.5, 0.6) is 11.5 Å². The molecule has 2 aliphatic heterocycles. The number of benzene rings is 2. The summed E-state index contributed by atoms with van der Waals surface area (Å²) in [5.41, 5.74) is 3.79. The summed E-state index contributed by atoms with van der Waals surface area (Å²) in [6, 6.07) is 14.4. The molecular weight excluding hydrogens is 352 g/mol. The quantitative estimate of drug-likeness (QED) is 0.797. The van der Waals surface area contributed by atoms with Crippen molar-refractivity contribution in [3.05, 3.63) is 59.2 Å². The molecule has 5 nitrogen and oxygen atoms in total. The molecule has 0 N–H and O–H groups in total. The van der Waals surface area contributed by atoms with Crippen molar-refractivity contribution in [2.75, 3.05) is 33.9 Å². The highest BCUT2D eigenvalue weighted by atomic mass is 16.5. The van der Waals surface area contributed by atoms with E-state index in [0.29, 0.717) is 6.54 Å². The fourth-order valence-corrected chi connectivity index (χ4v) is 4.46. The highest BCUT2D eigenvalue weighted by Gasteiger charge is 2.33. The summed E-state index contributed by atoms with van der Waals surface area (Å²) in [6.45, 7) is 3.05. The minimum Gasteiger partial charge on any atom is -0.497 e. The lowest BCUT2D eigenvalue weighted by molar-refractivity contribution is -0.133. The number of carbonyl (C=O) groups excluding carboxylic acids is 1. The fraction of sp³-hybridized carbons (Fsp3) is 0.435. The molecule has 1 amide bonds. The van der Waals surface area contributed by atoms with Gasteiger partial charge in [-0.25, -0.2) is 0 Å². The Morgan fingerprint density at radius 1 is 1.07 bits per heavy atom. The summed E-state index contributed by atoms with van der Waals surface area (Å²) in [5, 5.41) is 0. The molecule has 1 fully saturated rings. The molecule has 0 aromatic heterocycles. The highest BCUT2D eigenvalue weighted by molar-refractivity contribution is 5.79. The van der Waals surface area contributed by atoms with Gasteiger partial charge in [-0.3, -0.25) is 9.69 Å². The largest absolute Gasteiger partial charge is 0.497 e. The molecule has 2 heterocycles. The molecule has 1 atom stereocenters. The third kappa shape index (κ3) is 3.72. The summed E-state index contributed by atoms with van der Waals surface area (Å²) in [7, 11) is 3.34. The van der Waals surface area contributed by atoms with Crippen LogP contribution in [0.2, 0.25) is 0 Å². The topological polar surface area (TPSA) is 42.0 Å². The Hall–Kier alpha value is -2.53. The van der Waals surface area contributed by atoms with Crippen molar-refractivity contribution in [3.63, 3.8) is 0 Å². The predicted octanol–water partition coefficient (Wildman–Crippen LogP) is 3.43. The van der Waals surface area contributed by atoms with Gasteiger partial charge in [0, 0.05) is 25.2 Å². The maximum Gasteiger partial charge on any atom is 0.237 e. The molecule has 28 heavy (non-hydrogen) atoms. The molecule has 0 bridgehead atoms. The molecule has 2 aromatic carbocycles. The van der Waals surface area contributed by atoms with Crippen LogP contribution in [0.25, 0.3) is 0 Å². The van der Waals surface area contributed by atoms with Gasteiger partial charge >= 0.3 is 0 Å². The smallest absolute Gasteiger partial charge is 0.237 e. The number of hydrogen-bond donors (Lipinski definition) is 0. The minimum absolute atomic E-state index is 0.0506. The molecule has 1 saturated heterocycles. The molecule has 2 aromatic rings. The van der Waals surface area contributed by atoms with E-state index in [0.717, 1.165) is 56.0 Å². The van der Waals surface area contributed by atoms with Crippen molar-refractivity contribution in [2.24, 2.45) is 0 Å². The molecule has 2 aliphatic rings. The van der Waals surface area contributed by atoms with Crippen molar-refractivity contribution in [1.29, 1.82) is 0 Å². The van der Waals surface area contributed by atoms with Gasteiger partial charge < -0.3 is 14.4 Å². The molecule has 148 valence electrons. The van der Waals surface area contributed by atoms with Gasteiger partial charge in [0.15, 0.2) is 0 Å². The zero-order chi connectivity index (χ0) is 19.5. The van der Waals surface area contributed by atoms with Crippen LogP contribution in [0, 0.1) is 0 Å². The monoisotopic (exact) mass is 380 g/mol. The second kappa shape index (κ2) is 8.23. The van der Waals surface area contributed by atoms with E-state index in [1.807, 2.05) is 23.1 Å². The van der Waals surface area contributed by atoms with E-state index in [-0.39, 0.29) is 11.9 Å². The number of likely N-dealkylation sites (tertiary alicyclic amines) is 1. The van der Waals surface area contributed by atoms with Gasteiger partial charge in [0.25, 0.3) is 0 Å². The first kappa shape index (κ1) is 18.8. The predicted molar refractivity (Wildman–Crippen MR) is 109 cm³/mol. The van der Waals surface area contributed by atoms with E-state index in [1.54, 1.807) is 14.2 Å². The molecule has 0 saturated carbocycles. The number of rotatable bonds is 5. The Labute approximate surface area is 166 Å². The van der Waals surface area contributed by atoms with Crippen LogP contribution in [0.1, 0.15) is 35.6 Å². The number of hydrogen-bond acceptors (Lipinski definition) is 4. The summed E-state index contributed by atoms with van der Waals surface area (Å²) < 4.78 is 11.0. The molecular formula is C23H28N2O3. The van der Waals surface area contributed by atoms with E-state index >= 15 is 0 Å². The number of methoxy groups -OCH3 is 2. The lowest BCUT2D eigenvalue weighted by Gasteiger charge is -2.32. The lowest BCUT2D eigenvalue weighted by Crippen LogP contribution is -2.42. The van der Waals surface area contributed by atoms with Gasteiger partial charge in [-0.2, -0.15) is 0 Å². The minimum atomic E-state index is 0.0506. The molecule has 0 spiro atoms. The number of fused-ring (bicyclic) bond motifs is 1. The van der Waals surface area contributed by atoms with Gasteiger partial charge in [-0.05, 0) is 48.6 Å². The normalized spacial score (nSPS) is 19.4. The summed E-state index contributed by atoms with van der Waals surface area (Å²) in [4.78, 5) is 17.5. The van der Waals surface area contributed by atoms with Gasteiger partial charge in [-0.1, -0.05) is 24.3 Å². The van der Waals surface area contributed by atoms with Crippen LogP contribution >= 0.6 is 0 Å². The lowest BCUT2D eigenvalue weighted by atomic mass is 10.00. The van der Waals surface area contributed by atoms with Gasteiger partial charge in [0.05, 0.1) is 26.8 Å². The summed E-state index contributed by atoms with van der Waals surface area (Å²) in [5.74, 6) is 1.81. The summed E-state index contributed by atoms with van der Waals surface area (Å²) in [6.07, 6.45) is 2.98. The molecule has 0 radical (unpaired) electrons. The SMILES string of the molecule is COc1ccc(OC)c(C2CCCN2C(=O)CN2CCc3ccccc3C2)c1. The van der Waals surface area contributed by atoms with Crippen molar-refractivity contribution < 1.29 is 14.3 Å². The first-order valence-electron chi connectivity index (χ1n) is 10.00. The van der Waals surface area contributed by atoms with Crippen molar-refractivity contribution in [1.82, 2.24) is 9.80 Å². The second-order valence-corrected chi connectivity index (χ2v) is 7.58. The highest BCUT2D eigenvalue weighted by Crippen LogP contribution is 2.39. The number of amides is 1. The molecule has 0 aliphatic carbocycles. The van der Waals surface area contributed by atoms with Gasteiger partial charge in [-0.15, -0.1) is 0 Å². The number of ether oxygens (including phenoxy) is 2. The number of carbonyl (C=O) groups is 1. The average Bonchev–Trinajstić information content (AvgIpc) is 3.23. The average molecular weight is 380 g/mol. The molecule has 5 heteroatoms. The van der Waals surface area contributed by atoms with Crippen LogP contribution in [-0.4, -0.2) is 49.6 Å². The number of nitrogens with zero attached hydrogens (tertiary/aromatic N) is 2. The third-order valence-corrected chi connectivity index (χ3v) is 5.94. The van der Waals surface area contributed by atoms with E-state index in [9.17, 15) is 4.79 Å². The van der Waals surface area contributed by atoms with Gasteiger partial charge in [0.2, 0.25) is 5.91 Å². The fourth-order valence-electron chi connectivity index (χ4n) is 4.46. The Morgan fingerprint density at radius 3 is 2.68 bits per heavy atom. The van der Waals surface area contributed by atoms with E-state index in [4.69, 9.17) is 9.47 Å². The Morgan fingerprint density at radius 2 is 1.89 bits per heavy atom. The van der Waals surface area contributed by atoms with Crippen molar-refractivity contribution >= 4 is 5.91 Å². The Balaban J connectivity index is 1.49. The standard InChI is InChI=1S/C23H28N2O3/c1-27-19-9-10-22(28-2)20(14-19)21-8-5-12-25(21)23(26)16-24-13-11-17-6-3-4-7-18(17)15-24/h3-4,6-7,9-10,14,21H,5,8,11-13,15-16H2,1-2H3. The first-order valence-corrected chi connectivity index (χ1v) is 10.00. The Kier molecular flexibility index (Phi) is 5.53. The maximum atomic E-state index is 13.2. The Bertz CT molecular complexity index is 851. The first-order chi connectivity index (χ1) is 13.7. The van der Waals surface area contributed by atoms with Crippen molar-refractivity contribution in [2.45, 2.75) is 31.8 Å². The van der Waals surface area contributed by atoms with Crippen LogP contribution in [0.4, 0.5) is 0 Å². The van der Waals surface area contributed by atoms with Crippen LogP contribution in [0.15, 0.2) is 42.5 Å². The van der Waals surface area contributed by atoms with E-state index in [2.05, 4.69) is 29.2 Å². The van der Waals surface area contributed by atoms with E-state index in [1.165, 1.54) is 11.1 Å². The van der Waals surface area contributed by atoms with Crippen LogP contribution in [0.3, 0.4) is 0 Å². The van der Waals surface area contributed by atoms with Crippen molar-refractivity contribution in [3.8, 4) is 11.5 Å². The summed E-state index contributed by atoms with van der Waals surface area (Å²) >= 11 is 0. The molecule has 1 unspecified atom stereocenters. The van der Waals surface area contributed by atoms with Crippen LogP contribution in [-0.2, 0) is 17.8 Å². The zero-order valence-corrected chi connectivity index (χ0v) is 16.7. The van der Waals surface area contributed by atoms with Crippen LogP contribution < -0.4 is 9.47 Å².